The number of rotatable bonds is 3. The zero-order chi connectivity index (χ0) is 13.4. The van der Waals surface area contributed by atoms with Crippen LogP contribution >= 0.6 is 0 Å². The molecule has 0 radical (unpaired) electrons. The summed E-state index contributed by atoms with van der Waals surface area (Å²) in [6.45, 7) is 13.7. The number of hydrogen-bond acceptors (Lipinski definition) is 2. The molecule has 1 aliphatic rings. The fraction of sp³-hybridized carbons (Fsp3) is 0.846. The largest absolute Gasteiger partial charge is 0.525 e. The van der Waals surface area contributed by atoms with Gasteiger partial charge in [0.2, 0.25) is 0 Å². The van der Waals surface area contributed by atoms with E-state index in [4.69, 9.17) is 9.31 Å². The summed E-state index contributed by atoms with van der Waals surface area (Å²) in [4.78, 5) is 0. The van der Waals surface area contributed by atoms with E-state index in [-0.39, 0.29) is 5.73 Å². The predicted molar refractivity (Wildman–Crippen MR) is 69.3 cm³/mol. The van der Waals surface area contributed by atoms with Crippen LogP contribution in [0.4, 0.5) is 4.39 Å². The Labute approximate surface area is 105 Å². The van der Waals surface area contributed by atoms with Crippen LogP contribution in [0.1, 0.15) is 54.9 Å². The highest BCUT2D eigenvalue weighted by molar-refractivity contribution is 6.53. The van der Waals surface area contributed by atoms with Crippen molar-refractivity contribution in [2.75, 3.05) is 0 Å². The molecule has 0 spiro atoms. The number of halogens is 1. The van der Waals surface area contributed by atoms with Crippen molar-refractivity contribution in [1.82, 2.24) is 0 Å². The van der Waals surface area contributed by atoms with Crippen LogP contribution in [0.25, 0.3) is 0 Å². The quantitative estimate of drug-likeness (QED) is 0.698. The van der Waals surface area contributed by atoms with Crippen LogP contribution in [-0.2, 0) is 9.31 Å². The van der Waals surface area contributed by atoms with Crippen molar-refractivity contribution in [2.45, 2.75) is 66.1 Å². The van der Waals surface area contributed by atoms with Gasteiger partial charge in [-0.2, -0.15) is 0 Å². The second-order valence-electron chi connectivity index (χ2n) is 6.31. The van der Waals surface area contributed by atoms with Crippen molar-refractivity contribution >= 4 is 7.12 Å². The van der Waals surface area contributed by atoms with Crippen LogP contribution < -0.4 is 0 Å². The Morgan fingerprint density at radius 3 is 1.88 bits per heavy atom. The van der Waals surface area contributed by atoms with Gasteiger partial charge in [-0.1, -0.05) is 13.8 Å². The molecule has 0 saturated carbocycles. The highest BCUT2D eigenvalue weighted by Crippen LogP contribution is 2.39. The lowest BCUT2D eigenvalue weighted by molar-refractivity contribution is 0.00578. The first-order valence-electron chi connectivity index (χ1n) is 6.27. The van der Waals surface area contributed by atoms with E-state index in [1.807, 2.05) is 27.7 Å². The molecule has 17 heavy (non-hydrogen) atoms. The van der Waals surface area contributed by atoms with Gasteiger partial charge in [-0.05, 0) is 52.5 Å². The summed E-state index contributed by atoms with van der Waals surface area (Å²) in [5.41, 5.74) is -0.504. The van der Waals surface area contributed by atoms with Gasteiger partial charge in [0.1, 0.15) is 5.73 Å². The smallest absolute Gasteiger partial charge is 0.398 e. The lowest BCUT2D eigenvalue weighted by atomic mass is 9.83. The Morgan fingerprint density at radius 1 is 1.12 bits per heavy atom. The summed E-state index contributed by atoms with van der Waals surface area (Å²) in [7, 11) is -0.848. The topological polar surface area (TPSA) is 18.5 Å². The average molecular weight is 242 g/mol. The van der Waals surface area contributed by atoms with Crippen molar-refractivity contribution in [1.29, 1.82) is 0 Å². The minimum Gasteiger partial charge on any atom is -0.398 e. The Balaban J connectivity index is 2.84. The van der Waals surface area contributed by atoms with Gasteiger partial charge in [0.15, 0.2) is 0 Å². The van der Waals surface area contributed by atoms with Gasteiger partial charge in [-0.3, -0.25) is 0 Å². The van der Waals surface area contributed by atoms with Gasteiger partial charge in [0.05, 0.1) is 11.2 Å². The molecule has 1 heterocycles. The average Bonchev–Trinajstić information content (AvgIpc) is 2.33. The molecule has 1 fully saturated rings. The first-order chi connectivity index (χ1) is 7.57. The molecule has 2 nitrogen and oxygen atoms in total. The number of allylic oxidation sites excluding steroid dienone is 1. The van der Waals surface area contributed by atoms with Crippen LogP contribution in [0.15, 0.2) is 11.3 Å². The van der Waals surface area contributed by atoms with Crippen molar-refractivity contribution in [3.8, 4) is 0 Å². The van der Waals surface area contributed by atoms with Crippen LogP contribution in [-0.4, -0.2) is 18.3 Å². The van der Waals surface area contributed by atoms with Crippen molar-refractivity contribution < 1.29 is 13.7 Å². The molecule has 0 N–H and O–H groups in total. The van der Waals surface area contributed by atoms with E-state index in [1.165, 1.54) is 0 Å². The van der Waals surface area contributed by atoms with Gasteiger partial charge in [0.25, 0.3) is 0 Å². The van der Waals surface area contributed by atoms with Crippen LogP contribution in [0, 0.1) is 5.92 Å². The van der Waals surface area contributed by atoms with E-state index >= 15 is 0 Å². The normalized spacial score (nSPS) is 24.2. The molecule has 0 atom stereocenters. The molecule has 0 aromatic heterocycles. The van der Waals surface area contributed by atoms with E-state index in [1.54, 1.807) is 6.92 Å². The third-order valence-electron chi connectivity index (χ3n) is 3.58. The van der Waals surface area contributed by atoms with Gasteiger partial charge in [-0.25, -0.2) is 4.39 Å². The summed E-state index contributed by atoms with van der Waals surface area (Å²) < 4.78 is 25.5. The molecule has 0 amide bonds. The number of hydrogen-bond donors (Lipinski definition) is 0. The van der Waals surface area contributed by atoms with Crippen LogP contribution in [0.5, 0.6) is 0 Å². The molecular weight excluding hydrogens is 218 g/mol. The van der Waals surface area contributed by atoms with Crippen LogP contribution in [0.2, 0.25) is 0 Å². The van der Waals surface area contributed by atoms with E-state index in [0.717, 1.165) is 12.0 Å². The van der Waals surface area contributed by atoms with Crippen molar-refractivity contribution in [2.24, 2.45) is 5.92 Å². The van der Waals surface area contributed by atoms with E-state index in [9.17, 15) is 4.39 Å². The molecule has 0 aromatic rings. The second-order valence-corrected chi connectivity index (χ2v) is 6.31. The summed E-state index contributed by atoms with van der Waals surface area (Å²) in [5.74, 6) is 0.433. The van der Waals surface area contributed by atoms with Gasteiger partial charge >= 0.3 is 7.12 Å². The maximum Gasteiger partial charge on any atom is 0.525 e. The molecule has 0 bridgehead atoms. The fourth-order valence-electron chi connectivity index (χ4n) is 1.86. The Bertz CT molecular complexity index is 305. The van der Waals surface area contributed by atoms with E-state index in [2.05, 4.69) is 13.8 Å². The molecule has 98 valence electrons. The molecular formula is C13H24BFO2. The zero-order valence-electron chi connectivity index (χ0n) is 12.1. The minimum atomic E-state index is -0.848. The first kappa shape index (κ1) is 14.7. The first-order valence-corrected chi connectivity index (χ1v) is 6.27. The molecule has 0 unspecified atom stereocenters. The summed E-state index contributed by atoms with van der Waals surface area (Å²) >= 11 is 0. The predicted octanol–water partition coefficient (Wildman–Crippen LogP) is 3.91. The van der Waals surface area contributed by atoms with Gasteiger partial charge in [-0.15, -0.1) is 0 Å². The summed E-state index contributed by atoms with van der Waals surface area (Å²) in [6.07, 6.45) is 0.732. The van der Waals surface area contributed by atoms with Crippen molar-refractivity contribution in [3.63, 3.8) is 0 Å². The van der Waals surface area contributed by atoms with Gasteiger partial charge in [0, 0.05) is 0 Å². The summed E-state index contributed by atoms with van der Waals surface area (Å²) in [6, 6.07) is 0. The maximum atomic E-state index is 14.2. The Morgan fingerprint density at radius 2 is 1.53 bits per heavy atom. The third-order valence-corrected chi connectivity index (χ3v) is 3.58. The van der Waals surface area contributed by atoms with Crippen LogP contribution in [0.3, 0.4) is 0 Å². The van der Waals surface area contributed by atoms with E-state index < -0.39 is 18.3 Å². The monoisotopic (exact) mass is 242 g/mol. The zero-order valence-corrected chi connectivity index (χ0v) is 12.1. The van der Waals surface area contributed by atoms with E-state index in [0.29, 0.717) is 5.92 Å². The molecule has 0 aliphatic carbocycles. The highest BCUT2D eigenvalue weighted by atomic mass is 19.1. The minimum absolute atomic E-state index is 0.266. The molecule has 1 rings (SSSR count). The SMILES string of the molecule is CC(CC(C)C)=C(F)B1OC(C)(C)C(C)(C)O1. The van der Waals surface area contributed by atoms with Gasteiger partial charge < -0.3 is 9.31 Å². The molecule has 1 saturated heterocycles. The Kier molecular flexibility index (Phi) is 4.10. The molecule has 0 aromatic carbocycles. The molecule has 4 heteroatoms. The summed E-state index contributed by atoms with van der Waals surface area (Å²) in [5, 5.41) is 0. The third kappa shape index (κ3) is 3.11. The molecule has 1 aliphatic heterocycles. The highest BCUT2D eigenvalue weighted by Gasteiger charge is 2.53. The Hall–Kier alpha value is -0.345. The lowest BCUT2D eigenvalue weighted by Gasteiger charge is -2.32. The second kappa shape index (κ2) is 4.73. The fourth-order valence-corrected chi connectivity index (χ4v) is 1.86. The standard InChI is InChI=1S/C13H24BFO2/c1-9(2)8-10(3)11(15)14-16-12(4,5)13(6,7)17-14/h9H,8H2,1-7H3. The lowest BCUT2D eigenvalue weighted by Crippen LogP contribution is -2.41. The maximum absolute atomic E-state index is 14.2. The van der Waals surface area contributed by atoms with Crippen molar-refractivity contribution in [3.05, 3.63) is 11.3 Å².